The highest BCUT2D eigenvalue weighted by Crippen LogP contribution is 2.15. The van der Waals surface area contributed by atoms with Gasteiger partial charge in [0.25, 0.3) is 5.91 Å². The molecule has 1 aromatic rings. The molecule has 2 amide bonds. The van der Waals surface area contributed by atoms with Gasteiger partial charge in [-0.1, -0.05) is 26.0 Å². The zero-order valence-electron chi connectivity index (χ0n) is 15.6. The van der Waals surface area contributed by atoms with Gasteiger partial charge in [0.1, 0.15) is 5.75 Å². The highest BCUT2D eigenvalue weighted by molar-refractivity contribution is 5.79. The van der Waals surface area contributed by atoms with Crippen LogP contribution in [-0.2, 0) is 9.59 Å². The molecule has 0 bridgehead atoms. The summed E-state index contributed by atoms with van der Waals surface area (Å²) in [5.74, 6) is 0.979. The average Bonchev–Trinajstić information content (AvgIpc) is 2.61. The molecule has 5 nitrogen and oxygen atoms in total. The summed E-state index contributed by atoms with van der Waals surface area (Å²) in [7, 11) is 0. The molecule has 0 unspecified atom stereocenters. The van der Waals surface area contributed by atoms with Crippen molar-refractivity contribution in [3.05, 3.63) is 29.8 Å². The maximum atomic E-state index is 12.3. The molecule has 1 heterocycles. The first-order valence-electron chi connectivity index (χ1n) is 9.31. The van der Waals surface area contributed by atoms with E-state index in [1.165, 1.54) is 0 Å². The number of ether oxygens (including phenoxy) is 1. The van der Waals surface area contributed by atoms with Crippen molar-refractivity contribution in [1.82, 2.24) is 10.2 Å². The maximum Gasteiger partial charge on any atom is 0.260 e. The monoisotopic (exact) mass is 346 g/mol. The Bertz CT molecular complexity index is 576. The van der Waals surface area contributed by atoms with Gasteiger partial charge >= 0.3 is 0 Å². The molecule has 1 saturated heterocycles. The number of amides is 2. The van der Waals surface area contributed by atoms with Gasteiger partial charge in [0.15, 0.2) is 6.61 Å². The Labute approximate surface area is 150 Å². The molecule has 1 N–H and O–H groups in total. The van der Waals surface area contributed by atoms with Crippen molar-refractivity contribution in [1.29, 1.82) is 0 Å². The van der Waals surface area contributed by atoms with E-state index in [1.807, 2.05) is 49.9 Å². The van der Waals surface area contributed by atoms with Gasteiger partial charge in [-0.25, -0.2) is 0 Å². The van der Waals surface area contributed by atoms with Gasteiger partial charge < -0.3 is 15.0 Å². The molecule has 0 radical (unpaired) electrons. The largest absolute Gasteiger partial charge is 0.484 e. The van der Waals surface area contributed by atoms with Gasteiger partial charge in [0.05, 0.1) is 0 Å². The highest BCUT2D eigenvalue weighted by Gasteiger charge is 2.25. The number of hydrogen-bond acceptors (Lipinski definition) is 3. The number of aryl methyl sites for hydroxylation is 1. The Morgan fingerprint density at radius 3 is 2.52 bits per heavy atom. The van der Waals surface area contributed by atoms with Gasteiger partial charge in [-0.2, -0.15) is 0 Å². The molecule has 1 aliphatic heterocycles. The molecule has 0 atom stereocenters. The molecule has 1 aromatic carbocycles. The maximum absolute atomic E-state index is 12.3. The minimum Gasteiger partial charge on any atom is -0.484 e. The summed E-state index contributed by atoms with van der Waals surface area (Å²) in [5.41, 5.74) is 1.11. The number of carbonyl (C=O) groups excluding carboxylic acids is 2. The predicted molar refractivity (Wildman–Crippen MR) is 98.5 cm³/mol. The summed E-state index contributed by atoms with van der Waals surface area (Å²) in [5, 5.41) is 3.14. The Kier molecular flexibility index (Phi) is 7.29. The van der Waals surface area contributed by atoms with Crippen LogP contribution in [0.2, 0.25) is 0 Å². The van der Waals surface area contributed by atoms with Crippen molar-refractivity contribution >= 4 is 11.8 Å². The van der Waals surface area contributed by atoms with Crippen LogP contribution in [0.3, 0.4) is 0 Å². The summed E-state index contributed by atoms with van der Waals surface area (Å²) in [6.45, 7) is 7.49. The summed E-state index contributed by atoms with van der Waals surface area (Å²) in [6, 6.07) is 7.88. The van der Waals surface area contributed by atoms with Gasteiger partial charge in [-0.05, 0) is 50.3 Å². The van der Waals surface area contributed by atoms with E-state index in [9.17, 15) is 9.59 Å². The number of piperidine rings is 1. The van der Waals surface area contributed by atoms with E-state index < -0.39 is 0 Å². The van der Waals surface area contributed by atoms with Crippen LogP contribution >= 0.6 is 0 Å². The Morgan fingerprint density at radius 1 is 1.24 bits per heavy atom. The lowest BCUT2D eigenvalue weighted by atomic mass is 10.00. The second-order valence-corrected chi connectivity index (χ2v) is 6.78. The van der Waals surface area contributed by atoms with Gasteiger partial charge in [0.2, 0.25) is 5.91 Å². The first-order chi connectivity index (χ1) is 12.0. The standard InChI is InChI=1S/C20H30N2O3/c1-4-16(5-2)20(24)21-17-9-11-22(12-10-17)19(23)14-25-18-8-6-7-15(3)13-18/h6-8,13,16-17H,4-5,9-12,14H2,1-3H3,(H,21,24). The first-order valence-corrected chi connectivity index (χ1v) is 9.31. The highest BCUT2D eigenvalue weighted by atomic mass is 16.5. The van der Waals surface area contributed by atoms with Crippen LogP contribution in [-0.4, -0.2) is 42.5 Å². The molecule has 0 aliphatic carbocycles. The van der Waals surface area contributed by atoms with E-state index in [-0.39, 0.29) is 30.4 Å². The van der Waals surface area contributed by atoms with Crippen molar-refractivity contribution in [2.24, 2.45) is 5.92 Å². The fourth-order valence-electron chi connectivity index (χ4n) is 3.19. The molecule has 0 aromatic heterocycles. The topological polar surface area (TPSA) is 58.6 Å². The van der Waals surface area contributed by atoms with E-state index >= 15 is 0 Å². The van der Waals surface area contributed by atoms with Crippen LogP contribution in [0.4, 0.5) is 0 Å². The third-order valence-electron chi connectivity index (χ3n) is 4.90. The van der Waals surface area contributed by atoms with E-state index in [0.717, 1.165) is 37.0 Å². The van der Waals surface area contributed by atoms with Crippen molar-refractivity contribution in [2.75, 3.05) is 19.7 Å². The van der Waals surface area contributed by atoms with E-state index in [0.29, 0.717) is 13.1 Å². The number of rotatable bonds is 7. The molecule has 2 rings (SSSR count). The van der Waals surface area contributed by atoms with Crippen LogP contribution in [0, 0.1) is 12.8 Å². The van der Waals surface area contributed by atoms with Crippen molar-refractivity contribution in [2.45, 2.75) is 52.5 Å². The predicted octanol–water partition coefficient (Wildman–Crippen LogP) is 2.92. The lowest BCUT2D eigenvalue weighted by Gasteiger charge is -2.33. The summed E-state index contributed by atoms with van der Waals surface area (Å²) < 4.78 is 5.59. The molecular weight excluding hydrogens is 316 g/mol. The lowest BCUT2D eigenvalue weighted by molar-refractivity contribution is -0.134. The smallest absolute Gasteiger partial charge is 0.260 e. The summed E-state index contributed by atoms with van der Waals surface area (Å²) >= 11 is 0. The lowest BCUT2D eigenvalue weighted by Crippen LogP contribution is -2.48. The van der Waals surface area contributed by atoms with Gasteiger partial charge in [0, 0.05) is 25.0 Å². The number of likely N-dealkylation sites (tertiary alicyclic amines) is 1. The third-order valence-corrected chi connectivity index (χ3v) is 4.90. The van der Waals surface area contributed by atoms with E-state index in [1.54, 1.807) is 0 Å². The fraction of sp³-hybridized carbons (Fsp3) is 0.600. The van der Waals surface area contributed by atoms with Gasteiger partial charge in [-0.15, -0.1) is 0 Å². The Hall–Kier alpha value is -2.04. The van der Waals surface area contributed by atoms with E-state index in [4.69, 9.17) is 4.74 Å². The molecule has 1 aliphatic rings. The third kappa shape index (κ3) is 5.76. The molecule has 0 spiro atoms. The minimum atomic E-state index is 0.00581. The zero-order chi connectivity index (χ0) is 18.2. The van der Waals surface area contributed by atoms with Crippen molar-refractivity contribution < 1.29 is 14.3 Å². The summed E-state index contributed by atoms with van der Waals surface area (Å²) in [6.07, 6.45) is 3.36. The fourth-order valence-corrected chi connectivity index (χ4v) is 3.19. The minimum absolute atomic E-state index is 0.00581. The number of carbonyl (C=O) groups is 2. The van der Waals surface area contributed by atoms with Crippen molar-refractivity contribution in [3.63, 3.8) is 0 Å². The van der Waals surface area contributed by atoms with Crippen LogP contribution in [0.5, 0.6) is 5.75 Å². The normalized spacial score (nSPS) is 15.3. The van der Waals surface area contributed by atoms with Crippen LogP contribution in [0.15, 0.2) is 24.3 Å². The SMILES string of the molecule is CCC(CC)C(=O)NC1CCN(C(=O)COc2cccc(C)c2)CC1. The summed E-state index contributed by atoms with van der Waals surface area (Å²) in [4.78, 5) is 26.3. The van der Waals surface area contributed by atoms with Crippen LogP contribution in [0.1, 0.15) is 45.1 Å². The number of nitrogens with one attached hydrogen (secondary N) is 1. The van der Waals surface area contributed by atoms with Crippen LogP contribution in [0.25, 0.3) is 0 Å². The Morgan fingerprint density at radius 2 is 1.92 bits per heavy atom. The van der Waals surface area contributed by atoms with E-state index in [2.05, 4.69) is 5.32 Å². The van der Waals surface area contributed by atoms with Gasteiger partial charge in [-0.3, -0.25) is 9.59 Å². The van der Waals surface area contributed by atoms with Crippen molar-refractivity contribution in [3.8, 4) is 5.75 Å². The second kappa shape index (κ2) is 9.44. The molecular formula is C20H30N2O3. The number of benzene rings is 1. The quantitative estimate of drug-likeness (QED) is 0.826. The number of hydrogen-bond donors (Lipinski definition) is 1. The zero-order valence-corrected chi connectivity index (χ0v) is 15.6. The average molecular weight is 346 g/mol. The molecule has 138 valence electrons. The molecule has 0 saturated carbocycles. The van der Waals surface area contributed by atoms with Crippen LogP contribution < -0.4 is 10.1 Å². The molecule has 25 heavy (non-hydrogen) atoms. The number of nitrogens with zero attached hydrogens (tertiary/aromatic N) is 1. The Balaban J connectivity index is 1.74. The molecule has 1 fully saturated rings. The second-order valence-electron chi connectivity index (χ2n) is 6.78. The molecule has 5 heteroatoms. The first kappa shape index (κ1) is 19.3.